The highest BCUT2D eigenvalue weighted by atomic mass is 32.2. The predicted octanol–water partition coefficient (Wildman–Crippen LogP) is 4.33. The van der Waals surface area contributed by atoms with Crippen molar-refractivity contribution in [3.05, 3.63) is 42.6 Å². The average Bonchev–Trinajstić information content (AvgIpc) is 4.04. The highest BCUT2D eigenvalue weighted by molar-refractivity contribution is 7.91. The Hall–Kier alpha value is -4.73. The standard InChI is InChI=1S/C40H55N5O10S/c1-9-25-22-40(25,36(49)44-56(51,52)29-12-13-29)43-33(47)32-21-28(54-34-30-14-11-27(53-8)20-24(30)17-19-41-34)23-45(32)35(48)31(42-37(50)55-39(5,6)7)15-10-26(46)16-18-38(2,3)4/h11,14,16-20,25,28-29,31-32H,9-10,12-13,15,21-23H2,1-8H3,(H,42,50)(H,43,47)(H,44,49). The van der Waals surface area contributed by atoms with Gasteiger partial charge in [0.05, 0.1) is 18.9 Å². The van der Waals surface area contributed by atoms with E-state index in [1.54, 1.807) is 58.4 Å². The molecule has 2 heterocycles. The summed E-state index contributed by atoms with van der Waals surface area (Å²) in [6.07, 6.45) is 4.54. The Balaban J connectivity index is 1.44. The molecule has 0 bridgehead atoms. The largest absolute Gasteiger partial charge is 0.497 e. The fourth-order valence-corrected chi connectivity index (χ4v) is 8.16. The molecule has 2 aromatic rings. The second-order valence-corrected chi connectivity index (χ2v) is 19.0. The first-order valence-electron chi connectivity index (χ1n) is 19.1. The molecular weight excluding hydrogens is 743 g/mol. The molecule has 4 amide bonds. The van der Waals surface area contributed by atoms with Crippen LogP contribution in [0.4, 0.5) is 4.79 Å². The van der Waals surface area contributed by atoms with Crippen molar-refractivity contribution in [3.8, 4) is 11.6 Å². The van der Waals surface area contributed by atoms with E-state index in [1.165, 1.54) is 11.0 Å². The fraction of sp³-hybridized carbons (Fsp3) is 0.600. The van der Waals surface area contributed by atoms with E-state index in [9.17, 15) is 32.4 Å². The summed E-state index contributed by atoms with van der Waals surface area (Å²) < 4.78 is 44.9. The molecule has 5 rings (SSSR count). The lowest BCUT2D eigenvalue weighted by molar-refractivity contribution is -0.141. The third-order valence-electron chi connectivity index (χ3n) is 10.0. The number of carbonyl (C=O) groups is 5. The topological polar surface area (TPSA) is 199 Å². The molecule has 5 unspecified atom stereocenters. The number of ketones is 1. The molecule has 1 saturated heterocycles. The first-order valence-corrected chi connectivity index (χ1v) is 20.7. The summed E-state index contributed by atoms with van der Waals surface area (Å²) >= 11 is 0. The Morgan fingerprint density at radius 2 is 1.79 bits per heavy atom. The van der Waals surface area contributed by atoms with E-state index < -0.39 is 68.4 Å². The van der Waals surface area contributed by atoms with Gasteiger partial charge in [0.1, 0.15) is 35.1 Å². The summed E-state index contributed by atoms with van der Waals surface area (Å²) in [5.74, 6) is -1.85. The number of nitrogens with zero attached hydrogens (tertiary/aromatic N) is 2. The summed E-state index contributed by atoms with van der Waals surface area (Å²) in [6.45, 7) is 12.6. The number of carbonyl (C=O) groups excluding carboxylic acids is 5. The first-order chi connectivity index (χ1) is 26.1. The van der Waals surface area contributed by atoms with Gasteiger partial charge in [-0.05, 0) is 93.5 Å². The third kappa shape index (κ3) is 10.6. The molecule has 0 spiro atoms. The zero-order chi connectivity index (χ0) is 41.2. The van der Waals surface area contributed by atoms with Crippen molar-refractivity contribution in [2.75, 3.05) is 13.7 Å². The van der Waals surface area contributed by atoms with Crippen LogP contribution in [0.15, 0.2) is 42.6 Å². The number of allylic oxidation sites excluding steroid dienone is 2. The number of likely N-dealkylation sites (tertiary alicyclic amines) is 1. The van der Waals surface area contributed by atoms with Gasteiger partial charge < -0.3 is 29.7 Å². The van der Waals surface area contributed by atoms with E-state index in [0.29, 0.717) is 30.4 Å². The van der Waals surface area contributed by atoms with Crippen molar-refractivity contribution in [1.29, 1.82) is 0 Å². The predicted molar refractivity (Wildman–Crippen MR) is 208 cm³/mol. The van der Waals surface area contributed by atoms with Crippen molar-refractivity contribution in [1.82, 2.24) is 25.2 Å². The second-order valence-electron chi connectivity index (χ2n) is 17.0. The number of pyridine rings is 1. The van der Waals surface area contributed by atoms with Crippen LogP contribution in [0.2, 0.25) is 0 Å². The molecule has 1 aromatic carbocycles. The van der Waals surface area contributed by atoms with Crippen LogP contribution in [0.1, 0.15) is 93.4 Å². The monoisotopic (exact) mass is 797 g/mol. The summed E-state index contributed by atoms with van der Waals surface area (Å²) in [6, 6.07) is 4.69. The van der Waals surface area contributed by atoms with Crippen LogP contribution in [0, 0.1) is 11.3 Å². The number of fused-ring (bicyclic) bond motifs is 1. The first kappa shape index (κ1) is 42.4. The minimum Gasteiger partial charge on any atom is -0.497 e. The van der Waals surface area contributed by atoms with Crippen LogP contribution < -0.4 is 24.8 Å². The molecule has 15 nitrogen and oxygen atoms in total. The highest BCUT2D eigenvalue weighted by Gasteiger charge is 2.62. The van der Waals surface area contributed by atoms with Gasteiger partial charge in [0.2, 0.25) is 27.7 Å². The smallest absolute Gasteiger partial charge is 0.408 e. The lowest BCUT2D eigenvalue weighted by atomic mass is 9.95. The fourth-order valence-electron chi connectivity index (χ4n) is 6.80. The molecule has 1 aliphatic heterocycles. The van der Waals surface area contributed by atoms with Gasteiger partial charge >= 0.3 is 6.09 Å². The Kier molecular flexibility index (Phi) is 12.4. The number of methoxy groups -OCH3 is 1. The van der Waals surface area contributed by atoms with E-state index in [0.717, 1.165) is 5.39 Å². The van der Waals surface area contributed by atoms with Gasteiger partial charge in [-0.3, -0.25) is 23.9 Å². The maximum Gasteiger partial charge on any atom is 0.408 e. The summed E-state index contributed by atoms with van der Waals surface area (Å²) in [7, 11) is -2.34. The number of amides is 4. The molecule has 5 atom stereocenters. The SMILES string of the molecule is CCC1CC1(NC(=O)C1CC(Oc2nccc3cc(OC)ccc23)CN1C(=O)C(CCC(=O)C=CC(C)(C)C)NC(=O)OC(C)(C)C)C(=O)NS(=O)(=O)C1CC1. The minimum atomic E-state index is -3.90. The van der Waals surface area contributed by atoms with Gasteiger partial charge in [0.15, 0.2) is 5.78 Å². The molecule has 1 aromatic heterocycles. The number of ether oxygens (including phenoxy) is 3. The quantitative estimate of drug-likeness (QED) is 0.217. The van der Waals surface area contributed by atoms with Crippen molar-refractivity contribution < 1.29 is 46.6 Å². The normalized spacial score (nSPS) is 23.0. The van der Waals surface area contributed by atoms with E-state index >= 15 is 0 Å². The third-order valence-corrected chi connectivity index (χ3v) is 11.9. The van der Waals surface area contributed by atoms with Crippen LogP contribution in [-0.2, 0) is 33.9 Å². The molecular formula is C40H55N5O10S. The number of hydrogen-bond donors (Lipinski definition) is 3. The summed E-state index contributed by atoms with van der Waals surface area (Å²) in [5, 5.41) is 6.25. The lowest BCUT2D eigenvalue weighted by Gasteiger charge is -2.30. The van der Waals surface area contributed by atoms with Gasteiger partial charge in [0, 0.05) is 24.4 Å². The van der Waals surface area contributed by atoms with Crippen LogP contribution >= 0.6 is 0 Å². The van der Waals surface area contributed by atoms with Gasteiger partial charge in [0.25, 0.3) is 5.91 Å². The van der Waals surface area contributed by atoms with Gasteiger partial charge in [-0.1, -0.05) is 40.2 Å². The van der Waals surface area contributed by atoms with Gasteiger partial charge in [-0.15, -0.1) is 0 Å². The lowest BCUT2D eigenvalue weighted by Crippen LogP contribution is -2.58. The molecule has 3 aliphatic rings. The number of benzene rings is 1. The molecule has 306 valence electrons. The number of sulfonamides is 1. The molecule has 3 fully saturated rings. The Morgan fingerprint density at radius 3 is 2.39 bits per heavy atom. The minimum absolute atomic E-state index is 0.0208. The van der Waals surface area contributed by atoms with Gasteiger partial charge in [-0.25, -0.2) is 18.2 Å². The highest BCUT2D eigenvalue weighted by Crippen LogP contribution is 2.47. The average molecular weight is 798 g/mol. The Bertz CT molecular complexity index is 1980. The van der Waals surface area contributed by atoms with Crippen molar-refractivity contribution in [2.45, 2.75) is 128 Å². The second kappa shape index (κ2) is 16.4. The molecule has 16 heteroatoms. The molecule has 0 radical (unpaired) electrons. The molecule has 2 saturated carbocycles. The Morgan fingerprint density at radius 1 is 1.07 bits per heavy atom. The van der Waals surface area contributed by atoms with Crippen LogP contribution in [-0.4, -0.2) is 96.1 Å². The van der Waals surface area contributed by atoms with E-state index in [4.69, 9.17) is 14.2 Å². The van der Waals surface area contributed by atoms with Crippen LogP contribution in [0.3, 0.4) is 0 Å². The van der Waals surface area contributed by atoms with Crippen molar-refractivity contribution >= 4 is 50.4 Å². The van der Waals surface area contributed by atoms with Crippen molar-refractivity contribution in [2.24, 2.45) is 11.3 Å². The molecule has 2 aliphatic carbocycles. The van der Waals surface area contributed by atoms with E-state index in [-0.39, 0.29) is 55.2 Å². The van der Waals surface area contributed by atoms with E-state index in [2.05, 4.69) is 20.3 Å². The zero-order valence-electron chi connectivity index (χ0n) is 33.5. The Labute approximate surface area is 328 Å². The summed E-state index contributed by atoms with van der Waals surface area (Å²) in [5.41, 5.74) is -2.64. The van der Waals surface area contributed by atoms with Crippen molar-refractivity contribution in [3.63, 3.8) is 0 Å². The zero-order valence-corrected chi connectivity index (χ0v) is 34.3. The maximum absolute atomic E-state index is 14.6. The maximum atomic E-state index is 14.6. The van der Waals surface area contributed by atoms with E-state index in [1.807, 2.05) is 33.8 Å². The number of alkyl carbamates (subject to hydrolysis) is 1. The van der Waals surface area contributed by atoms with Crippen LogP contribution in [0.25, 0.3) is 10.8 Å². The number of hydrogen-bond acceptors (Lipinski definition) is 11. The van der Waals surface area contributed by atoms with Gasteiger partial charge in [-0.2, -0.15) is 0 Å². The molecule has 56 heavy (non-hydrogen) atoms. The van der Waals surface area contributed by atoms with Crippen LogP contribution in [0.5, 0.6) is 11.6 Å². The molecule has 3 N–H and O–H groups in total. The number of aromatic nitrogens is 1. The summed E-state index contributed by atoms with van der Waals surface area (Å²) in [4.78, 5) is 74.2. The number of rotatable bonds is 15. The number of nitrogens with one attached hydrogen (secondary N) is 3.